The maximum atomic E-state index is 11.2. The highest BCUT2D eigenvalue weighted by Crippen LogP contribution is 2.12. The van der Waals surface area contributed by atoms with Crippen molar-refractivity contribution >= 4 is 5.97 Å². The zero-order chi connectivity index (χ0) is 11.7. The highest BCUT2D eigenvalue weighted by Gasteiger charge is 2.08. The molecule has 0 rings (SSSR count). The van der Waals surface area contributed by atoms with E-state index in [1.165, 1.54) is 5.57 Å². The zero-order valence-electron chi connectivity index (χ0n) is 10.1. The molecule has 0 N–H and O–H groups in total. The van der Waals surface area contributed by atoms with Crippen LogP contribution < -0.4 is 0 Å². The third-order valence-electron chi connectivity index (χ3n) is 2.09. The smallest absolute Gasteiger partial charge is 0.306 e. The molecule has 0 bridgehead atoms. The molecule has 0 saturated heterocycles. The lowest BCUT2D eigenvalue weighted by atomic mass is 10.0. The van der Waals surface area contributed by atoms with E-state index >= 15 is 0 Å². The minimum atomic E-state index is -0.125. The van der Waals surface area contributed by atoms with Crippen molar-refractivity contribution in [3.05, 3.63) is 24.3 Å². The maximum Gasteiger partial charge on any atom is 0.306 e. The molecule has 0 aromatic heterocycles. The van der Waals surface area contributed by atoms with Gasteiger partial charge in [-0.25, -0.2) is 0 Å². The first-order valence-electron chi connectivity index (χ1n) is 5.46. The molecule has 0 aliphatic carbocycles. The van der Waals surface area contributed by atoms with Crippen LogP contribution in [-0.4, -0.2) is 12.6 Å². The molecule has 0 aliphatic heterocycles. The van der Waals surface area contributed by atoms with Crippen molar-refractivity contribution in [2.75, 3.05) is 6.61 Å². The molecule has 0 fully saturated rings. The van der Waals surface area contributed by atoms with E-state index in [1.807, 2.05) is 0 Å². The summed E-state index contributed by atoms with van der Waals surface area (Å²) in [5.74, 6) is 0.262. The fraction of sp³-hybridized carbons (Fsp3) is 0.615. The van der Waals surface area contributed by atoms with E-state index in [-0.39, 0.29) is 5.97 Å². The normalized spacial score (nSPS) is 11.7. The highest BCUT2D eigenvalue weighted by molar-refractivity contribution is 5.69. The lowest BCUT2D eigenvalue weighted by Crippen LogP contribution is -2.09. The summed E-state index contributed by atoms with van der Waals surface area (Å²) in [4.78, 5) is 11.2. The van der Waals surface area contributed by atoms with Gasteiger partial charge in [0.05, 0.1) is 0 Å². The molecule has 0 amide bonds. The molecule has 15 heavy (non-hydrogen) atoms. The summed E-state index contributed by atoms with van der Waals surface area (Å²) in [6.07, 6.45) is 6.37. The molecule has 86 valence electrons. The summed E-state index contributed by atoms with van der Waals surface area (Å²) in [6.45, 7) is 10.1. The number of carbonyl (C=O) groups excluding carboxylic acids is 1. The van der Waals surface area contributed by atoms with Crippen LogP contribution >= 0.6 is 0 Å². The van der Waals surface area contributed by atoms with E-state index in [0.29, 0.717) is 18.9 Å². The van der Waals surface area contributed by atoms with Crippen LogP contribution in [0.4, 0.5) is 0 Å². The number of rotatable bonds is 7. The Morgan fingerprint density at radius 2 is 2.13 bits per heavy atom. The van der Waals surface area contributed by atoms with Crippen LogP contribution in [0.1, 0.15) is 40.0 Å². The number of hydrogen-bond acceptors (Lipinski definition) is 2. The summed E-state index contributed by atoms with van der Waals surface area (Å²) in [6, 6.07) is 0. The monoisotopic (exact) mass is 210 g/mol. The van der Waals surface area contributed by atoms with Crippen LogP contribution in [0.5, 0.6) is 0 Å². The van der Waals surface area contributed by atoms with E-state index in [2.05, 4.69) is 33.4 Å². The average molecular weight is 210 g/mol. The molecule has 0 radical (unpaired) electrons. The average Bonchev–Trinajstić information content (AvgIpc) is 2.14. The molecular weight excluding hydrogens is 188 g/mol. The number of allylic oxidation sites excluding steroid dienone is 2. The van der Waals surface area contributed by atoms with E-state index in [0.717, 1.165) is 12.8 Å². The molecule has 0 aromatic rings. The first-order chi connectivity index (χ1) is 7.06. The van der Waals surface area contributed by atoms with Crippen LogP contribution in [0.3, 0.4) is 0 Å². The van der Waals surface area contributed by atoms with Gasteiger partial charge in [-0.2, -0.15) is 0 Å². The Hall–Kier alpha value is -1.05. The quantitative estimate of drug-likeness (QED) is 0.475. The van der Waals surface area contributed by atoms with Gasteiger partial charge in [0.25, 0.3) is 0 Å². The van der Waals surface area contributed by atoms with Gasteiger partial charge in [-0.15, -0.1) is 0 Å². The highest BCUT2D eigenvalue weighted by atomic mass is 16.5. The third kappa shape index (κ3) is 9.26. The van der Waals surface area contributed by atoms with Gasteiger partial charge in [-0.05, 0) is 32.6 Å². The molecule has 0 aromatic carbocycles. The number of esters is 1. The Kier molecular flexibility index (Phi) is 7.69. The Morgan fingerprint density at radius 3 is 2.67 bits per heavy atom. The van der Waals surface area contributed by atoms with Crippen molar-refractivity contribution in [1.82, 2.24) is 0 Å². The van der Waals surface area contributed by atoms with E-state index in [4.69, 9.17) is 4.74 Å². The van der Waals surface area contributed by atoms with Crippen molar-refractivity contribution in [2.24, 2.45) is 5.92 Å². The van der Waals surface area contributed by atoms with Crippen LogP contribution in [0.15, 0.2) is 24.3 Å². The SMILES string of the molecule is C=CCOC(=O)C[C@H](C)CCC=C(C)C. The molecule has 0 aliphatic rings. The Labute approximate surface area is 93.0 Å². The lowest BCUT2D eigenvalue weighted by Gasteiger charge is -2.08. The second-order valence-electron chi connectivity index (χ2n) is 4.14. The standard InChI is InChI=1S/C13H22O2/c1-5-9-15-13(14)10-12(4)8-6-7-11(2)3/h5,7,12H,1,6,8-10H2,2-4H3/t12-/m1/s1. The maximum absolute atomic E-state index is 11.2. The summed E-state index contributed by atoms with van der Waals surface area (Å²) in [5, 5.41) is 0. The van der Waals surface area contributed by atoms with Gasteiger partial charge in [0.1, 0.15) is 6.61 Å². The predicted molar refractivity (Wildman–Crippen MR) is 63.6 cm³/mol. The van der Waals surface area contributed by atoms with Crippen LogP contribution in [-0.2, 0) is 9.53 Å². The van der Waals surface area contributed by atoms with Gasteiger partial charge in [0.15, 0.2) is 0 Å². The molecule has 2 nitrogen and oxygen atoms in total. The molecule has 0 unspecified atom stereocenters. The lowest BCUT2D eigenvalue weighted by molar-refractivity contribution is -0.143. The number of carbonyl (C=O) groups is 1. The molecule has 0 heterocycles. The third-order valence-corrected chi connectivity index (χ3v) is 2.09. The summed E-state index contributed by atoms with van der Waals surface area (Å²) in [5.41, 5.74) is 1.33. The topological polar surface area (TPSA) is 26.3 Å². The second-order valence-corrected chi connectivity index (χ2v) is 4.14. The van der Waals surface area contributed by atoms with E-state index in [9.17, 15) is 4.79 Å². The Bertz CT molecular complexity index is 225. The van der Waals surface area contributed by atoms with Crippen LogP contribution in [0, 0.1) is 5.92 Å². The minimum Gasteiger partial charge on any atom is -0.461 e. The molecule has 0 spiro atoms. The van der Waals surface area contributed by atoms with Crippen LogP contribution in [0.2, 0.25) is 0 Å². The van der Waals surface area contributed by atoms with Crippen molar-refractivity contribution < 1.29 is 9.53 Å². The summed E-state index contributed by atoms with van der Waals surface area (Å²) < 4.78 is 4.92. The van der Waals surface area contributed by atoms with Gasteiger partial charge in [0, 0.05) is 6.42 Å². The van der Waals surface area contributed by atoms with Gasteiger partial charge < -0.3 is 4.74 Å². The Morgan fingerprint density at radius 1 is 1.47 bits per heavy atom. The molecular formula is C13H22O2. The van der Waals surface area contributed by atoms with Gasteiger partial charge in [-0.1, -0.05) is 31.2 Å². The largest absolute Gasteiger partial charge is 0.461 e. The number of hydrogen-bond donors (Lipinski definition) is 0. The summed E-state index contributed by atoms with van der Waals surface area (Å²) >= 11 is 0. The molecule has 1 atom stereocenters. The summed E-state index contributed by atoms with van der Waals surface area (Å²) in [7, 11) is 0. The Balaban J connectivity index is 3.63. The van der Waals surface area contributed by atoms with Crippen molar-refractivity contribution in [3.8, 4) is 0 Å². The van der Waals surface area contributed by atoms with Crippen LogP contribution in [0.25, 0.3) is 0 Å². The van der Waals surface area contributed by atoms with E-state index < -0.39 is 0 Å². The first-order valence-corrected chi connectivity index (χ1v) is 5.46. The van der Waals surface area contributed by atoms with Gasteiger partial charge in [-0.3, -0.25) is 4.79 Å². The fourth-order valence-electron chi connectivity index (χ4n) is 1.25. The second kappa shape index (κ2) is 8.27. The van der Waals surface area contributed by atoms with E-state index in [1.54, 1.807) is 6.08 Å². The van der Waals surface area contributed by atoms with Gasteiger partial charge >= 0.3 is 5.97 Å². The van der Waals surface area contributed by atoms with Crippen molar-refractivity contribution in [2.45, 2.75) is 40.0 Å². The van der Waals surface area contributed by atoms with Crippen molar-refractivity contribution in [1.29, 1.82) is 0 Å². The zero-order valence-corrected chi connectivity index (χ0v) is 10.1. The number of ether oxygens (including phenoxy) is 1. The van der Waals surface area contributed by atoms with Crippen molar-refractivity contribution in [3.63, 3.8) is 0 Å². The van der Waals surface area contributed by atoms with Gasteiger partial charge in [0.2, 0.25) is 0 Å². The minimum absolute atomic E-state index is 0.125. The first kappa shape index (κ1) is 13.9. The molecule has 2 heteroatoms. The molecule has 0 saturated carbocycles. The predicted octanol–water partition coefficient (Wildman–Crippen LogP) is 3.49. The fourth-order valence-corrected chi connectivity index (χ4v) is 1.25.